The van der Waals surface area contributed by atoms with E-state index in [9.17, 15) is 9.90 Å². The molecule has 0 saturated carbocycles. The highest BCUT2D eigenvalue weighted by Gasteiger charge is 2.15. The molecule has 0 heterocycles. The Balaban J connectivity index is 0.00000288. The van der Waals surface area contributed by atoms with Crippen LogP contribution in [0.4, 0.5) is 5.69 Å². The van der Waals surface area contributed by atoms with E-state index in [0.717, 1.165) is 11.1 Å². The fraction of sp³-hybridized carbons (Fsp3) is 0.316. The first-order chi connectivity index (χ1) is 11.0. The number of nitrogens with two attached hydrogens (primary N) is 1. The van der Waals surface area contributed by atoms with Gasteiger partial charge in [-0.2, -0.15) is 0 Å². The second-order valence-electron chi connectivity index (χ2n) is 5.91. The highest BCUT2D eigenvalue weighted by atomic mass is 35.5. The Kier molecular flexibility index (Phi) is 8.30. The fourth-order valence-electron chi connectivity index (χ4n) is 2.59. The van der Waals surface area contributed by atoms with Crippen LogP contribution >= 0.6 is 12.4 Å². The van der Waals surface area contributed by atoms with Crippen molar-refractivity contribution in [2.24, 2.45) is 0 Å². The zero-order valence-electron chi connectivity index (χ0n) is 13.8. The molecule has 0 aliphatic carbocycles. The molecule has 0 saturated heterocycles. The van der Waals surface area contributed by atoms with E-state index in [-0.39, 0.29) is 24.2 Å². The topological polar surface area (TPSA) is 75.3 Å². The van der Waals surface area contributed by atoms with Crippen LogP contribution < -0.4 is 11.1 Å². The Hall–Kier alpha value is -2.04. The Labute approximate surface area is 149 Å². The van der Waals surface area contributed by atoms with Crippen LogP contribution in [0.5, 0.6) is 0 Å². The first-order valence-corrected chi connectivity index (χ1v) is 7.88. The maximum atomic E-state index is 12.1. The molecular weight excluding hydrogens is 324 g/mol. The van der Waals surface area contributed by atoms with E-state index in [1.165, 1.54) is 0 Å². The predicted molar refractivity (Wildman–Crippen MR) is 100 cm³/mol. The summed E-state index contributed by atoms with van der Waals surface area (Å²) in [6.07, 6.45) is 0.539. The molecule has 4 nitrogen and oxygen atoms in total. The van der Waals surface area contributed by atoms with E-state index in [2.05, 4.69) is 5.32 Å². The molecule has 0 aliphatic heterocycles. The normalized spacial score (nSPS) is 12.8. The molecule has 5 heteroatoms. The van der Waals surface area contributed by atoms with Crippen molar-refractivity contribution < 1.29 is 9.90 Å². The number of rotatable bonds is 7. The van der Waals surface area contributed by atoms with Crippen LogP contribution in [0.15, 0.2) is 54.6 Å². The lowest BCUT2D eigenvalue weighted by Gasteiger charge is -2.19. The summed E-state index contributed by atoms with van der Waals surface area (Å²) in [7, 11) is 0. The number of carbonyl (C=O) groups is 1. The second-order valence-corrected chi connectivity index (χ2v) is 5.91. The van der Waals surface area contributed by atoms with Crippen molar-refractivity contribution in [2.75, 3.05) is 12.3 Å². The fourth-order valence-corrected chi connectivity index (χ4v) is 2.59. The zero-order chi connectivity index (χ0) is 16.7. The monoisotopic (exact) mass is 348 g/mol. The van der Waals surface area contributed by atoms with E-state index < -0.39 is 6.10 Å². The van der Waals surface area contributed by atoms with Gasteiger partial charge in [0.2, 0.25) is 5.91 Å². The van der Waals surface area contributed by atoms with E-state index in [1.54, 1.807) is 19.1 Å². The third kappa shape index (κ3) is 6.60. The highest BCUT2D eigenvalue weighted by Crippen LogP contribution is 2.20. The number of nitrogen functional groups attached to an aromatic ring is 1. The molecule has 130 valence electrons. The molecule has 0 aromatic heterocycles. The first-order valence-electron chi connectivity index (χ1n) is 7.88. The van der Waals surface area contributed by atoms with Gasteiger partial charge in [0.05, 0.1) is 12.5 Å². The summed E-state index contributed by atoms with van der Waals surface area (Å²) >= 11 is 0. The van der Waals surface area contributed by atoms with Crippen LogP contribution in [-0.2, 0) is 11.2 Å². The van der Waals surface area contributed by atoms with Crippen molar-refractivity contribution in [3.8, 4) is 0 Å². The molecule has 2 unspecified atom stereocenters. The van der Waals surface area contributed by atoms with Crippen LogP contribution in [0, 0.1) is 0 Å². The number of aliphatic hydroxyl groups excluding tert-OH is 1. The molecule has 2 atom stereocenters. The van der Waals surface area contributed by atoms with Gasteiger partial charge in [0, 0.05) is 18.2 Å². The van der Waals surface area contributed by atoms with Crippen LogP contribution in [-0.4, -0.2) is 23.7 Å². The molecule has 24 heavy (non-hydrogen) atoms. The van der Waals surface area contributed by atoms with E-state index in [4.69, 9.17) is 5.73 Å². The number of nitrogens with one attached hydrogen (secondary N) is 1. The van der Waals surface area contributed by atoms with Gasteiger partial charge < -0.3 is 16.2 Å². The predicted octanol–water partition coefficient (Wildman–Crippen LogP) is 2.90. The summed E-state index contributed by atoms with van der Waals surface area (Å²) in [6.45, 7) is 2.29. The van der Waals surface area contributed by atoms with Gasteiger partial charge in [0.15, 0.2) is 0 Å². The second kappa shape index (κ2) is 9.96. The Morgan fingerprint density at radius 2 is 1.75 bits per heavy atom. The molecule has 4 N–H and O–H groups in total. The number of anilines is 1. The summed E-state index contributed by atoms with van der Waals surface area (Å²) in [4.78, 5) is 12.1. The van der Waals surface area contributed by atoms with Gasteiger partial charge in [-0.25, -0.2) is 0 Å². The molecule has 1 amide bonds. The Morgan fingerprint density at radius 1 is 1.12 bits per heavy atom. The molecule has 2 aromatic carbocycles. The van der Waals surface area contributed by atoms with Crippen molar-refractivity contribution in [3.63, 3.8) is 0 Å². The number of carbonyl (C=O) groups excluding carboxylic acids is 1. The number of amides is 1. The lowest BCUT2D eigenvalue weighted by Crippen LogP contribution is -2.30. The molecule has 0 aliphatic rings. The average molecular weight is 349 g/mol. The number of halogens is 1. The average Bonchev–Trinajstić information content (AvgIpc) is 2.54. The maximum Gasteiger partial charge on any atom is 0.224 e. The van der Waals surface area contributed by atoms with Crippen molar-refractivity contribution in [1.29, 1.82) is 0 Å². The molecule has 0 spiro atoms. The first kappa shape index (κ1) is 20.0. The minimum absolute atomic E-state index is 0. The van der Waals surface area contributed by atoms with Crippen molar-refractivity contribution in [1.82, 2.24) is 5.32 Å². The maximum absolute atomic E-state index is 12.1. The lowest BCUT2D eigenvalue weighted by molar-refractivity contribution is -0.120. The van der Waals surface area contributed by atoms with Gasteiger partial charge in [-0.3, -0.25) is 4.79 Å². The summed E-state index contributed by atoms with van der Waals surface area (Å²) in [5.41, 5.74) is 8.39. The van der Waals surface area contributed by atoms with Gasteiger partial charge >= 0.3 is 0 Å². The quantitative estimate of drug-likeness (QED) is 0.673. The standard InChI is InChI=1S/C19H24N2O2.ClH/c1-14(22)11-17(16-5-3-2-4-6-16)13-21-19(23)12-15-7-9-18(20)10-8-15;/h2-10,14,17,22H,11-13,20H2,1H3,(H,21,23);1H. The molecule has 2 aromatic rings. The van der Waals surface area contributed by atoms with Crippen LogP contribution in [0.2, 0.25) is 0 Å². The van der Waals surface area contributed by atoms with Gasteiger partial charge in [-0.05, 0) is 36.6 Å². The van der Waals surface area contributed by atoms with E-state index in [1.807, 2.05) is 42.5 Å². The van der Waals surface area contributed by atoms with E-state index >= 15 is 0 Å². The third-order valence-electron chi connectivity index (χ3n) is 3.79. The summed E-state index contributed by atoms with van der Waals surface area (Å²) < 4.78 is 0. The number of hydrogen-bond acceptors (Lipinski definition) is 3. The Morgan fingerprint density at radius 3 is 2.33 bits per heavy atom. The van der Waals surface area contributed by atoms with Gasteiger partial charge in [-0.15, -0.1) is 12.4 Å². The smallest absolute Gasteiger partial charge is 0.224 e. The zero-order valence-corrected chi connectivity index (χ0v) is 14.6. The van der Waals surface area contributed by atoms with Crippen LogP contribution in [0.1, 0.15) is 30.4 Å². The van der Waals surface area contributed by atoms with Crippen LogP contribution in [0.25, 0.3) is 0 Å². The number of aliphatic hydroxyl groups is 1. The summed E-state index contributed by atoms with van der Waals surface area (Å²) in [6, 6.07) is 17.3. The molecule has 0 fully saturated rings. The molecule has 2 rings (SSSR count). The van der Waals surface area contributed by atoms with Gasteiger partial charge in [0.1, 0.15) is 0 Å². The molecular formula is C19H25ClN2O2. The van der Waals surface area contributed by atoms with Crippen molar-refractivity contribution in [3.05, 3.63) is 65.7 Å². The largest absolute Gasteiger partial charge is 0.399 e. The molecule has 0 radical (unpaired) electrons. The lowest BCUT2D eigenvalue weighted by atomic mass is 9.93. The van der Waals surface area contributed by atoms with Crippen molar-refractivity contribution >= 4 is 24.0 Å². The molecule has 0 bridgehead atoms. The number of benzene rings is 2. The Bertz CT molecular complexity index is 615. The minimum Gasteiger partial charge on any atom is -0.399 e. The third-order valence-corrected chi connectivity index (χ3v) is 3.79. The van der Waals surface area contributed by atoms with Gasteiger partial charge in [0.25, 0.3) is 0 Å². The highest BCUT2D eigenvalue weighted by molar-refractivity contribution is 5.85. The van der Waals surface area contributed by atoms with Crippen molar-refractivity contribution in [2.45, 2.75) is 31.8 Å². The minimum atomic E-state index is -0.408. The summed E-state index contributed by atoms with van der Waals surface area (Å²) in [5.74, 6) is 0.0767. The number of hydrogen-bond donors (Lipinski definition) is 3. The van der Waals surface area contributed by atoms with Gasteiger partial charge in [-0.1, -0.05) is 42.5 Å². The summed E-state index contributed by atoms with van der Waals surface area (Å²) in [5, 5.41) is 12.7. The SMILES string of the molecule is CC(O)CC(CNC(=O)Cc1ccc(N)cc1)c1ccccc1.Cl. The van der Waals surface area contributed by atoms with E-state index in [0.29, 0.717) is 25.1 Å². The van der Waals surface area contributed by atoms with Crippen LogP contribution in [0.3, 0.4) is 0 Å².